The van der Waals surface area contributed by atoms with E-state index in [1.165, 1.54) is 29.5 Å². The molecule has 0 fully saturated rings. The maximum absolute atomic E-state index is 5.56. The lowest BCUT2D eigenvalue weighted by molar-refractivity contribution is 0.580. The molecule has 1 aromatic carbocycles. The van der Waals surface area contributed by atoms with Gasteiger partial charge in [0, 0.05) is 0 Å². The van der Waals surface area contributed by atoms with Crippen molar-refractivity contribution in [1.29, 1.82) is 0 Å². The molecule has 1 aromatic rings. The Morgan fingerprint density at radius 2 is 1.83 bits per heavy atom. The lowest BCUT2D eigenvalue weighted by Crippen LogP contribution is -2.12. The van der Waals surface area contributed by atoms with Gasteiger partial charge in [-0.1, -0.05) is 52.3 Å². The summed E-state index contributed by atoms with van der Waals surface area (Å²) in [5.74, 6) is 0.638. The Hall–Kier alpha value is -0.820. The Morgan fingerprint density at radius 1 is 1.17 bits per heavy atom. The van der Waals surface area contributed by atoms with Crippen LogP contribution in [0.2, 0.25) is 0 Å². The average molecular weight is 247 g/mol. The van der Waals surface area contributed by atoms with Gasteiger partial charge in [-0.15, -0.1) is 0 Å². The molecule has 1 heteroatoms. The molecule has 0 heterocycles. The van der Waals surface area contributed by atoms with Gasteiger partial charge < -0.3 is 5.73 Å². The third-order valence-corrected chi connectivity index (χ3v) is 3.77. The van der Waals surface area contributed by atoms with Crippen molar-refractivity contribution >= 4 is 0 Å². The summed E-state index contributed by atoms with van der Waals surface area (Å²) < 4.78 is 0. The van der Waals surface area contributed by atoms with Gasteiger partial charge in [0.1, 0.15) is 0 Å². The minimum atomic E-state index is 0.236. The van der Waals surface area contributed by atoms with E-state index in [-0.39, 0.29) is 5.41 Å². The van der Waals surface area contributed by atoms with Crippen LogP contribution in [-0.2, 0) is 5.41 Å². The number of hydrogen-bond donors (Lipinski definition) is 1. The van der Waals surface area contributed by atoms with Gasteiger partial charge in [0.2, 0.25) is 0 Å². The summed E-state index contributed by atoms with van der Waals surface area (Å²) in [6.45, 7) is 12.2. The monoisotopic (exact) mass is 247 g/mol. The van der Waals surface area contributed by atoms with E-state index in [4.69, 9.17) is 5.73 Å². The maximum atomic E-state index is 5.56. The normalized spacial score (nSPS) is 13.7. The number of hydrogen-bond acceptors (Lipinski definition) is 1. The Labute approximate surface area is 113 Å². The van der Waals surface area contributed by atoms with Crippen molar-refractivity contribution in [3.63, 3.8) is 0 Å². The molecule has 0 saturated carbocycles. The number of benzene rings is 1. The van der Waals surface area contributed by atoms with E-state index in [2.05, 4.69) is 52.8 Å². The molecule has 0 amide bonds. The SMILES string of the molecule is Cc1ccc(C(C)(C)C)cc1C(C)CCCCN. The van der Waals surface area contributed by atoms with Crippen LogP contribution in [0.15, 0.2) is 18.2 Å². The molecule has 0 aromatic heterocycles. The molecule has 0 saturated heterocycles. The summed E-state index contributed by atoms with van der Waals surface area (Å²) >= 11 is 0. The number of rotatable bonds is 5. The first-order valence-corrected chi connectivity index (χ1v) is 7.17. The first-order valence-electron chi connectivity index (χ1n) is 7.17. The van der Waals surface area contributed by atoms with E-state index < -0.39 is 0 Å². The van der Waals surface area contributed by atoms with Crippen molar-refractivity contribution < 1.29 is 0 Å². The number of nitrogens with two attached hydrogens (primary N) is 1. The molecule has 0 bridgehead atoms. The first kappa shape index (κ1) is 15.2. The van der Waals surface area contributed by atoms with Crippen molar-refractivity contribution in [2.24, 2.45) is 5.73 Å². The zero-order valence-corrected chi connectivity index (χ0v) is 12.7. The van der Waals surface area contributed by atoms with Gasteiger partial charge in [-0.2, -0.15) is 0 Å². The fourth-order valence-corrected chi connectivity index (χ4v) is 2.39. The Kier molecular flexibility index (Phi) is 5.40. The van der Waals surface area contributed by atoms with Gasteiger partial charge in [-0.05, 0) is 54.3 Å². The molecule has 0 aliphatic carbocycles. The molecule has 1 rings (SSSR count). The minimum absolute atomic E-state index is 0.236. The Balaban J connectivity index is 2.86. The highest BCUT2D eigenvalue weighted by Crippen LogP contribution is 2.30. The van der Waals surface area contributed by atoms with Crippen molar-refractivity contribution in [1.82, 2.24) is 0 Å². The van der Waals surface area contributed by atoms with Crippen molar-refractivity contribution in [3.05, 3.63) is 34.9 Å². The summed E-state index contributed by atoms with van der Waals surface area (Å²) in [4.78, 5) is 0. The maximum Gasteiger partial charge on any atom is -0.00773 e. The third-order valence-electron chi connectivity index (χ3n) is 3.77. The van der Waals surface area contributed by atoms with E-state index >= 15 is 0 Å². The van der Waals surface area contributed by atoms with E-state index in [9.17, 15) is 0 Å². The first-order chi connectivity index (χ1) is 8.36. The molecule has 102 valence electrons. The molecule has 0 aliphatic rings. The molecule has 1 nitrogen and oxygen atoms in total. The molecular formula is C17H29N. The van der Waals surface area contributed by atoms with Gasteiger partial charge in [0.15, 0.2) is 0 Å². The van der Waals surface area contributed by atoms with Gasteiger partial charge in [0.25, 0.3) is 0 Å². The molecule has 0 spiro atoms. The van der Waals surface area contributed by atoms with Crippen LogP contribution in [0.3, 0.4) is 0 Å². The minimum Gasteiger partial charge on any atom is -0.330 e. The van der Waals surface area contributed by atoms with Gasteiger partial charge in [-0.25, -0.2) is 0 Å². The van der Waals surface area contributed by atoms with E-state index in [1.807, 2.05) is 0 Å². The zero-order valence-electron chi connectivity index (χ0n) is 12.7. The van der Waals surface area contributed by atoms with E-state index in [0.717, 1.165) is 13.0 Å². The second-order valence-corrected chi connectivity index (χ2v) is 6.51. The molecular weight excluding hydrogens is 218 g/mol. The van der Waals surface area contributed by atoms with Crippen LogP contribution in [0.5, 0.6) is 0 Å². The van der Waals surface area contributed by atoms with Crippen molar-refractivity contribution in [2.75, 3.05) is 6.54 Å². The van der Waals surface area contributed by atoms with Crippen LogP contribution in [0.4, 0.5) is 0 Å². The van der Waals surface area contributed by atoms with Crippen molar-refractivity contribution in [3.8, 4) is 0 Å². The molecule has 0 radical (unpaired) electrons. The van der Waals surface area contributed by atoms with Crippen LogP contribution in [0.1, 0.15) is 69.6 Å². The molecule has 2 N–H and O–H groups in total. The Morgan fingerprint density at radius 3 is 2.39 bits per heavy atom. The highest BCUT2D eigenvalue weighted by atomic mass is 14.5. The van der Waals surface area contributed by atoms with Crippen molar-refractivity contribution in [2.45, 2.75) is 65.2 Å². The van der Waals surface area contributed by atoms with Crippen LogP contribution in [0.25, 0.3) is 0 Å². The van der Waals surface area contributed by atoms with Crippen LogP contribution in [-0.4, -0.2) is 6.54 Å². The number of aryl methyl sites for hydroxylation is 1. The van der Waals surface area contributed by atoms with Gasteiger partial charge >= 0.3 is 0 Å². The molecule has 1 unspecified atom stereocenters. The predicted octanol–water partition coefficient (Wildman–Crippen LogP) is 4.53. The van der Waals surface area contributed by atoms with Gasteiger partial charge in [-0.3, -0.25) is 0 Å². The fraction of sp³-hybridized carbons (Fsp3) is 0.647. The second kappa shape index (κ2) is 6.38. The lowest BCUT2D eigenvalue weighted by atomic mass is 9.82. The molecule has 1 atom stereocenters. The summed E-state index contributed by atoms with van der Waals surface area (Å²) in [7, 11) is 0. The lowest BCUT2D eigenvalue weighted by Gasteiger charge is -2.23. The topological polar surface area (TPSA) is 26.0 Å². The summed E-state index contributed by atoms with van der Waals surface area (Å²) in [5.41, 5.74) is 10.2. The predicted molar refractivity (Wildman–Crippen MR) is 81.2 cm³/mol. The highest BCUT2D eigenvalue weighted by molar-refractivity contribution is 5.36. The summed E-state index contributed by atoms with van der Waals surface area (Å²) in [6, 6.07) is 6.95. The molecule has 0 aliphatic heterocycles. The summed E-state index contributed by atoms with van der Waals surface area (Å²) in [6.07, 6.45) is 3.62. The Bertz CT molecular complexity index is 374. The van der Waals surface area contributed by atoms with E-state index in [1.54, 1.807) is 0 Å². The van der Waals surface area contributed by atoms with Crippen LogP contribution in [0, 0.1) is 6.92 Å². The number of unbranched alkanes of at least 4 members (excludes halogenated alkanes) is 1. The van der Waals surface area contributed by atoms with E-state index in [0.29, 0.717) is 5.92 Å². The second-order valence-electron chi connectivity index (χ2n) is 6.51. The smallest absolute Gasteiger partial charge is 0.00773 e. The van der Waals surface area contributed by atoms with Crippen LogP contribution >= 0.6 is 0 Å². The quantitative estimate of drug-likeness (QED) is 0.760. The molecule has 18 heavy (non-hydrogen) atoms. The summed E-state index contributed by atoms with van der Waals surface area (Å²) in [5, 5.41) is 0. The van der Waals surface area contributed by atoms with Crippen LogP contribution < -0.4 is 5.73 Å². The highest BCUT2D eigenvalue weighted by Gasteiger charge is 2.16. The largest absolute Gasteiger partial charge is 0.330 e. The fourth-order valence-electron chi connectivity index (χ4n) is 2.39. The van der Waals surface area contributed by atoms with Gasteiger partial charge in [0.05, 0.1) is 0 Å². The standard InChI is InChI=1S/C17H29N/c1-13(8-6-7-11-18)16-12-15(17(3,4)5)10-9-14(16)2/h9-10,12-13H,6-8,11,18H2,1-5H3. The zero-order chi connectivity index (χ0) is 13.8. The average Bonchev–Trinajstić information content (AvgIpc) is 2.28. The third kappa shape index (κ3) is 4.13.